The highest BCUT2D eigenvalue weighted by Gasteiger charge is 2.13. The Morgan fingerprint density at radius 1 is 1.07 bits per heavy atom. The number of ether oxygens (including phenoxy) is 1. The van der Waals surface area contributed by atoms with Crippen molar-refractivity contribution in [3.05, 3.63) is 84.2 Å². The predicted octanol–water partition coefficient (Wildman–Crippen LogP) is 3.10. The number of carbonyl (C=O) groups is 2. The number of nitrogens with zero attached hydrogens (tertiary/aromatic N) is 2. The zero-order valence-corrected chi connectivity index (χ0v) is 16.0. The van der Waals surface area contributed by atoms with Crippen LogP contribution in [0.25, 0.3) is 0 Å². The Morgan fingerprint density at radius 3 is 2.52 bits per heavy atom. The molecule has 0 radical (unpaired) electrons. The summed E-state index contributed by atoms with van der Waals surface area (Å²) in [4.78, 5) is 30.2. The maximum atomic E-state index is 12.4. The quantitative estimate of drug-likeness (QED) is 0.604. The average Bonchev–Trinajstić information content (AvgIpc) is 2.75. The van der Waals surface area contributed by atoms with E-state index in [0.29, 0.717) is 29.2 Å². The van der Waals surface area contributed by atoms with Gasteiger partial charge in [0, 0.05) is 30.7 Å². The van der Waals surface area contributed by atoms with Gasteiger partial charge in [0.1, 0.15) is 6.61 Å². The zero-order valence-electron chi connectivity index (χ0n) is 16.0. The maximum absolute atomic E-state index is 12.4. The molecule has 1 aromatic heterocycles. The van der Waals surface area contributed by atoms with Crippen LogP contribution in [-0.2, 0) is 16.1 Å². The number of amides is 2. The molecule has 29 heavy (non-hydrogen) atoms. The molecule has 0 unspecified atom stereocenters. The van der Waals surface area contributed by atoms with E-state index in [1.807, 2.05) is 12.1 Å². The van der Waals surface area contributed by atoms with Crippen LogP contribution in [0.5, 0.6) is 0 Å². The van der Waals surface area contributed by atoms with Crippen LogP contribution in [-0.4, -0.2) is 30.5 Å². The Bertz CT molecular complexity index is 975. The first-order valence-electron chi connectivity index (χ1n) is 9.03. The molecule has 2 amide bonds. The first-order chi connectivity index (χ1) is 14.0. The second-order valence-corrected chi connectivity index (χ2v) is 6.40. The third-order valence-corrected chi connectivity index (χ3v) is 4.32. The highest BCUT2D eigenvalue weighted by molar-refractivity contribution is 6.06. The molecule has 0 saturated carbocycles. The van der Waals surface area contributed by atoms with Crippen molar-refractivity contribution < 1.29 is 14.3 Å². The molecule has 0 aliphatic heterocycles. The van der Waals surface area contributed by atoms with Crippen molar-refractivity contribution in [2.75, 3.05) is 29.6 Å². The van der Waals surface area contributed by atoms with Crippen LogP contribution < -0.4 is 16.0 Å². The number of benzene rings is 2. The number of para-hydroxylation sites is 2. The van der Waals surface area contributed by atoms with E-state index < -0.39 is 0 Å². The average molecular weight is 390 g/mol. The SMILES string of the molecule is CN(C(=O)COCc1cccnc1)c1ccc(C(=O)Nc2ccccc2N)cc1. The molecule has 0 fully saturated rings. The normalized spacial score (nSPS) is 10.4. The van der Waals surface area contributed by atoms with Crippen molar-refractivity contribution in [1.82, 2.24) is 4.98 Å². The standard InChI is InChI=1S/C22H22N4O3/c1-26(21(27)15-29-14-16-5-4-12-24-13-16)18-10-8-17(9-11-18)22(28)25-20-7-3-2-6-19(20)23/h2-13H,14-15,23H2,1H3,(H,25,28). The molecule has 3 N–H and O–H groups in total. The molecule has 0 spiro atoms. The van der Waals surface area contributed by atoms with E-state index in [4.69, 9.17) is 10.5 Å². The van der Waals surface area contributed by atoms with E-state index in [9.17, 15) is 9.59 Å². The number of aromatic nitrogens is 1. The van der Waals surface area contributed by atoms with Crippen molar-refractivity contribution >= 4 is 28.9 Å². The Balaban J connectivity index is 1.55. The van der Waals surface area contributed by atoms with Crippen molar-refractivity contribution in [2.45, 2.75) is 6.61 Å². The Hall–Kier alpha value is -3.71. The molecule has 148 valence electrons. The minimum Gasteiger partial charge on any atom is -0.397 e. The summed E-state index contributed by atoms with van der Waals surface area (Å²) in [6.45, 7) is 0.260. The maximum Gasteiger partial charge on any atom is 0.255 e. The first-order valence-corrected chi connectivity index (χ1v) is 9.03. The number of hydrogen-bond donors (Lipinski definition) is 2. The second kappa shape index (κ2) is 9.48. The van der Waals surface area contributed by atoms with Crippen molar-refractivity contribution in [3.63, 3.8) is 0 Å². The number of likely N-dealkylation sites (N-methyl/N-ethyl adjacent to an activating group) is 1. The third kappa shape index (κ3) is 5.40. The van der Waals surface area contributed by atoms with Gasteiger partial charge in [-0.2, -0.15) is 0 Å². The lowest BCUT2D eigenvalue weighted by Crippen LogP contribution is -2.30. The van der Waals surface area contributed by atoms with Gasteiger partial charge in [-0.3, -0.25) is 14.6 Å². The predicted molar refractivity (Wildman–Crippen MR) is 113 cm³/mol. The molecule has 2 aromatic carbocycles. The van der Waals surface area contributed by atoms with Crippen molar-refractivity contribution in [3.8, 4) is 0 Å². The molecule has 1 heterocycles. The van der Waals surface area contributed by atoms with Gasteiger partial charge in [0.05, 0.1) is 18.0 Å². The fourth-order valence-electron chi connectivity index (χ4n) is 2.62. The summed E-state index contributed by atoms with van der Waals surface area (Å²) in [5.41, 5.74) is 8.92. The third-order valence-electron chi connectivity index (χ3n) is 4.32. The molecule has 7 nitrogen and oxygen atoms in total. The van der Waals surface area contributed by atoms with Gasteiger partial charge in [0.25, 0.3) is 11.8 Å². The van der Waals surface area contributed by atoms with E-state index in [2.05, 4.69) is 10.3 Å². The summed E-state index contributed by atoms with van der Waals surface area (Å²) in [6, 6.07) is 17.5. The summed E-state index contributed by atoms with van der Waals surface area (Å²) < 4.78 is 5.46. The summed E-state index contributed by atoms with van der Waals surface area (Å²) in [6.07, 6.45) is 3.38. The zero-order chi connectivity index (χ0) is 20.6. The van der Waals surface area contributed by atoms with Gasteiger partial charge in [-0.1, -0.05) is 18.2 Å². The van der Waals surface area contributed by atoms with Crippen molar-refractivity contribution in [2.24, 2.45) is 0 Å². The molecule has 0 bridgehead atoms. The van der Waals surface area contributed by atoms with Crippen LogP contribution in [0.2, 0.25) is 0 Å². The van der Waals surface area contributed by atoms with Crippen LogP contribution in [0.15, 0.2) is 73.1 Å². The summed E-state index contributed by atoms with van der Waals surface area (Å²) in [5, 5.41) is 2.77. The van der Waals surface area contributed by atoms with Gasteiger partial charge in [0.15, 0.2) is 0 Å². The van der Waals surface area contributed by atoms with E-state index in [-0.39, 0.29) is 18.4 Å². The van der Waals surface area contributed by atoms with Gasteiger partial charge in [-0.15, -0.1) is 0 Å². The number of hydrogen-bond acceptors (Lipinski definition) is 5. The lowest BCUT2D eigenvalue weighted by Gasteiger charge is -2.18. The summed E-state index contributed by atoms with van der Waals surface area (Å²) in [7, 11) is 1.66. The highest BCUT2D eigenvalue weighted by atomic mass is 16.5. The lowest BCUT2D eigenvalue weighted by atomic mass is 10.1. The number of carbonyl (C=O) groups excluding carboxylic acids is 2. The molecular weight excluding hydrogens is 368 g/mol. The van der Waals surface area contributed by atoms with E-state index in [0.717, 1.165) is 5.56 Å². The number of pyridine rings is 1. The minimum atomic E-state index is -0.275. The molecular formula is C22H22N4O3. The van der Waals surface area contributed by atoms with Gasteiger partial charge in [-0.25, -0.2) is 0 Å². The van der Waals surface area contributed by atoms with Crippen LogP contribution >= 0.6 is 0 Å². The molecule has 0 aliphatic rings. The van der Waals surface area contributed by atoms with Crippen LogP contribution in [0.3, 0.4) is 0 Å². The van der Waals surface area contributed by atoms with E-state index >= 15 is 0 Å². The van der Waals surface area contributed by atoms with Crippen molar-refractivity contribution in [1.29, 1.82) is 0 Å². The smallest absolute Gasteiger partial charge is 0.255 e. The Morgan fingerprint density at radius 2 is 1.83 bits per heavy atom. The molecule has 3 aromatic rings. The number of rotatable bonds is 7. The van der Waals surface area contributed by atoms with Crippen LogP contribution in [0.4, 0.5) is 17.1 Å². The lowest BCUT2D eigenvalue weighted by molar-refractivity contribution is -0.123. The minimum absolute atomic E-state index is 0.0546. The molecule has 7 heteroatoms. The summed E-state index contributed by atoms with van der Waals surface area (Å²) >= 11 is 0. The van der Waals surface area contributed by atoms with Crippen LogP contribution in [0.1, 0.15) is 15.9 Å². The monoisotopic (exact) mass is 390 g/mol. The fraction of sp³-hybridized carbons (Fsp3) is 0.136. The number of nitrogens with one attached hydrogen (secondary N) is 1. The van der Waals surface area contributed by atoms with Crippen LogP contribution in [0, 0.1) is 0 Å². The molecule has 0 aliphatic carbocycles. The topological polar surface area (TPSA) is 97.5 Å². The summed E-state index contributed by atoms with van der Waals surface area (Å²) in [5.74, 6) is -0.466. The molecule has 0 atom stereocenters. The van der Waals surface area contributed by atoms with Gasteiger partial charge in [0.2, 0.25) is 0 Å². The number of anilines is 3. The number of nitrogens with two attached hydrogens (primary N) is 1. The largest absolute Gasteiger partial charge is 0.397 e. The molecule has 3 rings (SSSR count). The molecule has 0 saturated heterocycles. The second-order valence-electron chi connectivity index (χ2n) is 6.40. The highest BCUT2D eigenvalue weighted by Crippen LogP contribution is 2.19. The Kier molecular flexibility index (Phi) is 6.55. The van der Waals surface area contributed by atoms with Gasteiger partial charge >= 0.3 is 0 Å². The fourth-order valence-corrected chi connectivity index (χ4v) is 2.62. The first kappa shape index (κ1) is 20.0. The number of nitrogen functional groups attached to an aromatic ring is 1. The van der Waals surface area contributed by atoms with E-state index in [1.54, 1.807) is 68.0 Å². The Labute approximate surface area is 169 Å². The van der Waals surface area contributed by atoms with Gasteiger partial charge in [-0.05, 0) is 48.0 Å². The van der Waals surface area contributed by atoms with E-state index in [1.165, 1.54) is 4.90 Å². The van der Waals surface area contributed by atoms with Gasteiger partial charge < -0.3 is 20.7 Å².